The number of nitrogens with zero attached hydrogens (tertiary/aromatic N) is 2. The van der Waals surface area contributed by atoms with Crippen LogP contribution in [0.25, 0.3) is 0 Å². The zero-order valence-electron chi connectivity index (χ0n) is 10.6. The average molecular weight is 234 g/mol. The molecule has 0 spiro atoms. The summed E-state index contributed by atoms with van der Waals surface area (Å²) in [5.74, 6) is -0.111. The zero-order valence-corrected chi connectivity index (χ0v) is 10.6. The molecular formula is C13H18N2O2. The molecule has 0 radical (unpaired) electrons. The summed E-state index contributed by atoms with van der Waals surface area (Å²) in [6.07, 6.45) is 2.08. The Morgan fingerprint density at radius 3 is 2.41 bits per heavy atom. The van der Waals surface area contributed by atoms with Crippen LogP contribution in [0.5, 0.6) is 0 Å². The molecule has 2 heterocycles. The summed E-state index contributed by atoms with van der Waals surface area (Å²) in [5.41, 5.74) is 1.81. The first-order valence-electron chi connectivity index (χ1n) is 5.99. The van der Waals surface area contributed by atoms with Gasteiger partial charge in [0, 0.05) is 25.8 Å². The lowest BCUT2D eigenvalue weighted by Crippen LogP contribution is -2.35. The van der Waals surface area contributed by atoms with E-state index in [1.165, 1.54) is 4.57 Å². The molecule has 1 saturated heterocycles. The predicted octanol–water partition coefficient (Wildman–Crippen LogP) is 1.24. The summed E-state index contributed by atoms with van der Waals surface area (Å²) >= 11 is 0. The van der Waals surface area contributed by atoms with Crippen LogP contribution in [0.15, 0.2) is 10.9 Å². The van der Waals surface area contributed by atoms with E-state index in [9.17, 15) is 9.59 Å². The first-order valence-corrected chi connectivity index (χ1v) is 5.99. The Labute approximate surface area is 101 Å². The maximum Gasteiger partial charge on any atom is 0.263 e. The lowest BCUT2D eigenvalue weighted by atomic mass is 10.1. The molecule has 1 aromatic heterocycles. The van der Waals surface area contributed by atoms with Crippen LogP contribution in [0.1, 0.15) is 34.5 Å². The minimum atomic E-state index is -0.181. The lowest BCUT2D eigenvalue weighted by Gasteiger charge is -2.17. The topological polar surface area (TPSA) is 42.3 Å². The van der Waals surface area contributed by atoms with Crippen molar-refractivity contribution in [1.29, 1.82) is 0 Å². The van der Waals surface area contributed by atoms with Gasteiger partial charge in [-0.15, -0.1) is 0 Å². The van der Waals surface area contributed by atoms with Gasteiger partial charge in [0.1, 0.15) is 5.56 Å². The second-order valence-corrected chi connectivity index (χ2v) is 4.71. The second-order valence-electron chi connectivity index (χ2n) is 4.71. The molecule has 1 aliphatic heterocycles. The largest absolute Gasteiger partial charge is 0.338 e. The van der Waals surface area contributed by atoms with Gasteiger partial charge in [-0.1, -0.05) is 0 Å². The van der Waals surface area contributed by atoms with Crippen molar-refractivity contribution in [3.8, 4) is 0 Å². The first-order chi connectivity index (χ1) is 8.02. The van der Waals surface area contributed by atoms with Crippen LogP contribution in [0, 0.1) is 13.8 Å². The van der Waals surface area contributed by atoms with E-state index in [4.69, 9.17) is 0 Å². The van der Waals surface area contributed by atoms with Crippen molar-refractivity contribution in [2.24, 2.45) is 7.05 Å². The normalized spacial score (nSPS) is 15.4. The Kier molecular flexibility index (Phi) is 3.05. The fourth-order valence-electron chi connectivity index (χ4n) is 2.32. The smallest absolute Gasteiger partial charge is 0.263 e. The number of hydrogen-bond acceptors (Lipinski definition) is 2. The summed E-state index contributed by atoms with van der Waals surface area (Å²) in [4.78, 5) is 26.2. The fraction of sp³-hybridized carbons (Fsp3) is 0.538. The van der Waals surface area contributed by atoms with Gasteiger partial charge in [-0.25, -0.2) is 0 Å². The van der Waals surface area contributed by atoms with Crippen molar-refractivity contribution < 1.29 is 4.79 Å². The number of hydrogen-bond donors (Lipinski definition) is 0. The summed E-state index contributed by atoms with van der Waals surface area (Å²) in [7, 11) is 1.71. The quantitative estimate of drug-likeness (QED) is 0.733. The van der Waals surface area contributed by atoms with Crippen molar-refractivity contribution in [2.45, 2.75) is 26.7 Å². The monoisotopic (exact) mass is 234 g/mol. The highest BCUT2D eigenvalue weighted by Gasteiger charge is 2.24. The van der Waals surface area contributed by atoms with Gasteiger partial charge in [-0.3, -0.25) is 9.59 Å². The molecule has 0 aromatic carbocycles. The van der Waals surface area contributed by atoms with Gasteiger partial charge in [0.15, 0.2) is 0 Å². The number of amides is 1. The molecule has 0 aliphatic carbocycles. The molecule has 92 valence electrons. The van der Waals surface area contributed by atoms with E-state index < -0.39 is 0 Å². The molecule has 1 aliphatic rings. The number of pyridine rings is 1. The van der Waals surface area contributed by atoms with Crippen LogP contribution < -0.4 is 5.56 Å². The molecule has 0 atom stereocenters. The maximum atomic E-state index is 12.3. The number of carbonyl (C=O) groups is 1. The summed E-state index contributed by atoms with van der Waals surface area (Å²) in [6.45, 7) is 5.25. The van der Waals surface area contributed by atoms with Crippen molar-refractivity contribution in [3.63, 3.8) is 0 Å². The molecule has 0 unspecified atom stereocenters. The van der Waals surface area contributed by atoms with Crippen molar-refractivity contribution in [1.82, 2.24) is 9.47 Å². The third kappa shape index (κ3) is 1.99. The maximum absolute atomic E-state index is 12.3. The van der Waals surface area contributed by atoms with Crippen LogP contribution in [0.4, 0.5) is 0 Å². The van der Waals surface area contributed by atoms with Crippen LogP contribution in [0.2, 0.25) is 0 Å². The second kappa shape index (κ2) is 4.35. The number of rotatable bonds is 1. The predicted molar refractivity (Wildman–Crippen MR) is 66.3 cm³/mol. The molecule has 17 heavy (non-hydrogen) atoms. The third-order valence-corrected chi connectivity index (χ3v) is 3.47. The van der Waals surface area contributed by atoms with Crippen LogP contribution in [-0.2, 0) is 7.05 Å². The molecule has 2 rings (SSSR count). The van der Waals surface area contributed by atoms with Gasteiger partial charge in [-0.05, 0) is 38.3 Å². The Hall–Kier alpha value is -1.58. The minimum Gasteiger partial charge on any atom is -0.338 e. The molecule has 0 saturated carbocycles. The SMILES string of the molecule is Cc1cc(C)n(C)c(=O)c1C(=O)N1CCCC1. The van der Waals surface area contributed by atoms with Gasteiger partial charge < -0.3 is 9.47 Å². The van der Waals surface area contributed by atoms with Crippen molar-refractivity contribution >= 4 is 5.91 Å². The molecule has 4 heteroatoms. The molecule has 0 bridgehead atoms. The molecule has 4 nitrogen and oxygen atoms in total. The number of aromatic nitrogens is 1. The molecule has 1 aromatic rings. The summed E-state index contributed by atoms with van der Waals surface area (Å²) < 4.78 is 1.54. The Balaban J connectivity index is 2.48. The number of likely N-dealkylation sites (tertiary alicyclic amines) is 1. The number of carbonyl (C=O) groups excluding carboxylic acids is 1. The fourth-order valence-corrected chi connectivity index (χ4v) is 2.32. The van der Waals surface area contributed by atoms with Gasteiger partial charge in [0.05, 0.1) is 0 Å². The van der Waals surface area contributed by atoms with Gasteiger partial charge in [0.25, 0.3) is 11.5 Å². The van der Waals surface area contributed by atoms with Crippen LogP contribution in [-0.4, -0.2) is 28.5 Å². The molecule has 1 fully saturated rings. The van der Waals surface area contributed by atoms with Crippen LogP contribution in [0.3, 0.4) is 0 Å². The van der Waals surface area contributed by atoms with Crippen molar-refractivity contribution in [3.05, 3.63) is 33.2 Å². The van der Waals surface area contributed by atoms with E-state index in [0.717, 1.165) is 37.2 Å². The highest BCUT2D eigenvalue weighted by molar-refractivity contribution is 5.95. The Bertz CT molecular complexity index is 511. The van der Waals surface area contributed by atoms with Crippen molar-refractivity contribution in [2.75, 3.05) is 13.1 Å². The highest BCUT2D eigenvalue weighted by atomic mass is 16.2. The van der Waals surface area contributed by atoms with E-state index >= 15 is 0 Å². The van der Waals surface area contributed by atoms with Gasteiger partial charge in [-0.2, -0.15) is 0 Å². The summed E-state index contributed by atoms with van der Waals surface area (Å²) in [5, 5.41) is 0. The van der Waals surface area contributed by atoms with Gasteiger partial charge >= 0.3 is 0 Å². The molecule has 1 amide bonds. The standard InChI is InChI=1S/C13H18N2O2/c1-9-8-10(2)14(3)12(16)11(9)13(17)15-6-4-5-7-15/h8H,4-7H2,1-3H3. The van der Waals surface area contributed by atoms with Gasteiger partial charge in [0.2, 0.25) is 0 Å². The Morgan fingerprint density at radius 2 is 1.82 bits per heavy atom. The van der Waals surface area contributed by atoms with Crippen LogP contribution >= 0.6 is 0 Å². The van der Waals surface area contributed by atoms with E-state index in [1.54, 1.807) is 11.9 Å². The Morgan fingerprint density at radius 1 is 1.24 bits per heavy atom. The third-order valence-electron chi connectivity index (χ3n) is 3.47. The first kappa shape index (κ1) is 11.9. The molecule has 0 N–H and O–H groups in total. The average Bonchev–Trinajstić information content (AvgIpc) is 2.79. The zero-order chi connectivity index (χ0) is 12.6. The van der Waals surface area contributed by atoms with E-state index in [1.807, 2.05) is 19.9 Å². The van der Waals surface area contributed by atoms with E-state index in [2.05, 4.69) is 0 Å². The number of aryl methyl sites for hydroxylation is 2. The summed E-state index contributed by atoms with van der Waals surface area (Å²) in [6, 6.07) is 1.89. The van der Waals surface area contributed by atoms with E-state index in [0.29, 0.717) is 5.56 Å². The lowest BCUT2D eigenvalue weighted by molar-refractivity contribution is 0.0789. The van der Waals surface area contributed by atoms with E-state index in [-0.39, 0.29) is 11.5 Å². The minimum absolute atomic E-state index is 0.111. The highest BCUT2D eigenvalue weighted by Crippen LogP contribution is 2.13. The molecular weight excluding hydrogens is 216 g/mol.